The lowest BCUT2D eigenvalue weighted by molar-refractivity contribution is -0.384. The van der Waals surface area contributed by atoms with Crippen LogP contribution in [0.3, 0.4) is 0 Å². The van der Waals surface area contributed by atoms with E-state index in [0.717, 1.165) is 3.57 Å². The third kappa shape index (κ3) is 4.57. The summed E-state index contributed by atoms with van der Waals surface area (Å²) < 4.78 is 6.37. The number of fused-ring (bicyclic) bond motifs is 1. The molecule has 27 heavy (non-hydrogen) atoms. The Morgan fingerprint density at radius 3 is 2.85 bits per heavy atom. The third-order valence-corrected chi connectivity index (χ3v) is 4.87. The fourth-order valence-corrected chi connectivity index (χ4v) is 3.51. The first-order valence-corrected chi connectivity index (χ1v) is 9.69. The first-order chi connectivity index (χ1) is 12.6. The standard InChI is InChI=1S/C18H21IN4O4/c1-18(2,3)27-17(24)22-7-6-12(10-22)21-16-13-8-11(19)4-5-14(13)20-9-15(16)23(25)26/h4-5,8-9,12H,6-7,10H2,1-3H3,(H,20,21)/t12-/m1/s1. The number of nitrogens with zero attached hydrogens (tertiary/aromatic N) is 3. The molecule has 2 aromatic rings. The van der Waals surface area contributed by atoms with Crippen molar-refractivity contribution in [2.24, 2.45) is 0 Å². The van der Waals surface area contributed by atoms with Crippen LogP contribution in [-0.2, 0) is 4.74 Å². The van der Waals surface area contributed by atoms with Crippen LogP contribution in [0.25, 0.3) is 10.9 Å². The number of ether oxygens (including phenoxy) is 1. The number of carbonyl (C=O) groups is 1. The molecule has 0 spiro atoms. The lowest BCUT2D eigenvalue weighted by atomic mass is 10.1. The Kier molecular flexibility index (Phi) is 5.41. The van der Waals surface area contributed by atoms with Gasteiger partial charge in [-0.2, -0.15) is 0 Å². The van der Waals surface area contributed by atoms with E-state index in [1.54, 1.807) is 4.90 Å². The highest BCUT2D eigenvalue weighted by Gasteiger charge is 2.31. The number of carbonyl (C=O) groups excluding carboxylic acids is 1. The van der Waals surface area contributed by atoms with Gasteiger partial charge in [0.15, 0.2) is 0 Å². The Balaban J connectivity index is 1.84. The molecular formula is C18H21IN4O4. The molecule has 1 fully saturated rings. The van der Waals surface area contributed by atoms with Gasteiger partial charge in [0.05, 0.1) is 10.4 Å². The van der Waals surface area contributed by atoms with Crippen molar-refractivity contribution in [3.63, 3.8) is 0 Å². The lowest BCUT2D eigenvalue weighted by Crippen LogP contribution is -2.36. The van der Waals surface area contributed by atoms with Crippen LogP contribution in [-0.4, -0.2) is 45.6 Å². The minimum Gasteiger partial charge on any atom is -0.444 e. The van der Waals surface area contributed by atoms with Gasteiger partial charge in [0.2, 0.25) is 0 Å². The molecule has 1 saturated heterocycles. The molecule has 1 atom stereocenters. The topological polar surface area (TPSA) is 97.6 Å². The van der Waals surface area contributed by atoms with Crippen LogP contribution in [0, 0.1) is 13.7 Å². The summed E-state index contributed by atoms with van der Waals surface area (Å²) in [7, 11) is 0. The van der Waals surface area contributed by atoms with Crippen LogP contribution in [0.15, 0.2) is 24.4 Å². The zero-order valence-electron chi connectivity index (χ0n) is 15.4. The number of aromatic nitrogens is 1. The van der Waals surface area contributed by atoms with E-state index in [0.29, 0.717) is 36.1 Å². The largest absolute Gasteiger partial charge is 0.444 e. The molecule has 1 N–H and O–H groups in total. The van der Waals surface area contributed by atoms with Crippen LogP contribution < -0.4 is 5.32 Å². The summed E-state index contributed by atoms with van der Waals surface area (Å²) in [5.74, 6) is 0. The number of anilines is 1. The fourth-order valence-electron chi connectivity index (χ4n) is 3.02. The maximum absolute atomic E-state index is 12.2. The van der Waals surface area contributed by atoms with Crippen LogP contribution in [0.5, 0.6) is 0 Å². The Hall–Kier alpha value is -2.17. The second-order valence-corrected chi connectivity index (χ2v) is 8.74. The van der Waals surface area contributed by atoms with Crippen LogP contribution in [0.4, 0.5) is 16.2 Å². The number of nitrogens with one attached hydrogen (secondary N) is 1. The minimum absolute atomic E-state index is 0.0692. The number of likely N-dealkylation sites (tertiary alicyclic amines) is 1. The number of hydrogen-bond acceptors (Lipinski definition) is 6. The number of pyridine rings is 1. The van der Waals surface area contributed by atoms with Crippen molar-refractivity contribution in [2.75, 3.05) is 18.4 Å². The summed E-state index contributed by atoms with van der Waals surface area (Å²) in [6.45, 7) is 6.45. The summed E-state index contributed by atoms with van der Waals surface area (Å²) >= 11 is 2.17. The van der Waals surface area contributed by atoms with Crippen molar-refractivity contribution in [3.05, 3.63) is 38.1 Å². The smallest absolute Gasteiger partial charge is 0.410 e. The van der Waals surface area contributed by atoms with E-state index >= 15 is 0 Å². The molecule has 0 saturated carbocycles. The molecule has 3 rings (SSSR count). The van der Waals surface area contributed by atoms with E-state index in [2.05, 4.69) is 32.9 Å². The average molecular weight is 484 g/mol. The van der Waals surface area contributed by atoms with Crippen molar-refractivity contribution in [2.45, 2.75) is 38.8 Å². The number of halogens is 1. The number of hydrogen-bond donors (Lipinski definition) is 1. The molecule has 8 nitrogen and oxygen atoms in total. The molecule has 1 aromatic carbocycles. The third-order valence-electron chi connectivity index (χ3n) is 4.20. The Morgan fingerprint density at radius 2 is 2.19 bits per heavy atom. The van der Waals surface area contributed by atoms with Crippen molar-refractivity contribution < 1.29 is 14.5 Å². The Bertz CT molecular complexity index is 897. The summed E-state index contributed by atoms with van der Waals surface area (Å²) in [6.07, 6.45) is 1.60. The highest BCUT2D eigenvalue weighted by Crippen LogP contribution is 2.34. The Labute approximate surface area is 170 Å². The zero-order valence-corrected chi connectivity index (χ0v) is 17.5. The minimum atomic E-state index is -0.556. The van der Waals surface area contributed by atoms with Gasteiger partial charge in [0.1, 0.15) is 17.5 Å². The maximum Gasteiger partial charge on any atom is 0.410 e. The van der Waals surface area contributed by atoms with Crippen molar-refractivity contribution in [3.8, 4) is 0 Å². The normalized spacial score (nSPS) is 17.2. The molecule has 1 aromatic heterocycles. The number of benzene rings is 1. The molecule has 0 bridgehead atoms. The maximum atomic E-state index is 12.2. The van der Waals surface area contributed by atoms with E-state index in [4.69, 9.17) is 4.74 Å². The molecule has 1 amide bonds. The second kappa shape index (κ2) is 7.45. The second-order valence-electron chi connectivity index (χ2n) is 7.49. The predicted octanol–water partition coefficient (Wildman–Crippen LogP) is 4.17. The molecular weight excluding hydrogens is 463 g/mol. The first-order valence-electron chi connectivity index (χ1n) is 8.61. The van der Waals surface area contributed by atoms with E-state index in [1.807, 2.05) is 39.0 Å². The van der Waals surface area contributed by atoms with Crippen LogP contribution in [0.1, 0.15) is 27.2 Å². The van der Waals surface area contributed by atoms with Gasteiger partial charge in [-0.1, -0.05) is 0 Å². The molecule has 144 valence electrons. The van der Waals surface area contributed by atoms with Gasteiger partial charge in [-0.25, -0.2) is 9.78 Å². The van der Waals surface area contributed by atoms with Crippen LogP contribution in [0.2, 0.25) is 0 Å². The van der Waals surface area contributed by atoms with Crippen molar-refractivity contribution in [1.29, 1.82) is 0 Å². The van der Waals surface area contributed by atoms with Gasteiger partial charge >= 0.3 is 11.8 Å². The monoisotopic (exact) mass is 484 g/mol. The van der Waals surface area contributed by atoms with Gasteiger partial charge in [-0.3, -0.25) is 10.1 Å². The highest BCUT2D eigenvalue weighted by atomic mass is 127. The van der Waals surface area contributed by atoms with Crippen LogP contribution >= 0.6 is 22.6 Å². The fraction of sp³-hybridized carbons (Fsp3) is 0.444. The molecule has 0 aliphatic carbocycles. The number of nitro groups is 1. The Morgan fingerprint density at radius 1 is 1.44 bits per heavy atom. The molecule has 0 radical (unpaired) electrons. The predicted molar refractivity (Wildman–Crippen MR) is 111 cm³/mol. The lowest BCUT2D eigenvalue weighted by Gasteiger charge is -2.24. The average Bonchev–Trinajstić information content (AvgIpc) is 3.02. The molecule has 1 aliphatic rings. The molecule has 0 unspecified atom stereocenters. The van der Waals surface area contributed by atoms with Gasteiger partial charge in [0.25, 0.3) is 0 Å². The van der Waals surface area contributed by atoms with E-state index in [1.165, 1.54) is 6.20 Å². The van der Waals surface area contributed by atoms with Gasteiger partial charge < -0.3 is 15.0 Å². The molecule has 2 heterocycles. The van der Waals surface area contributed by atoms with Gasteiger partial charge in [-0.05, 0) is 68.0 Å². The summed E-state index contributed by atoms with van der Waals surface area (Å²) in [4.78, 5) is 29.1. The van der Waals surface area contributed by atoms with E-state index in [9.17, 15) is 14.9 Å². The van der Waals surface area contributed by atoms with Crippen molar-refractivity contribution >= 4 is 51.0 Å². The summed E-state index contributed by atoms with van der Waals surface area (Å²) in [5.41, 5.74) is 0.504. The quantitative estimate of drug-likeness (QED) is 0.399. The van der Waals surface area contributed by atoms with Gasteiger partial charge in [-0.15, -0.1) is 0 Å². The zero-order chi connectivity index (χ0) is 19.8. The van der Waals surface area contributed by atoms with Crippen molar-refractivity contribution in [1.82, 2.24) is 9.88 Å². The SMILES string of the molecule is CC(C)(C)OC(=O)N1CC[C@@H](Nc2c([N+](=O)[O-])cnc3ccc(I)cc23)C1. The van der Waals surface area contributed by atoms with Gasteiger partial charge in [0, 0.05) is 28.1 Å². The molecule has 9 heteroatoms. The highest BCUT2D eigenvalue weighted by molar-refractivity contribution is 14.1. The summed E-state index contributed by atoms with van der Waals surface area (Å²) in [5, 5.41) is 15.5. The van der Waals surface area contributed by atoms with E-state index < -0.39 is 10.5 Å². The summed E-state index contributed by atoms with van der Waals surface area (Å²) in [6, 6.07) is 5.53. The number of amides is 1. The first kappa shape index (κ1) is 19.6. The number of rotatable bonds is 3. The molecule has 1 aliphatic heterocycles. The van der Waals surface area contributed by atoms with E-state index in [-0.39, 0.29) is 17.8 Å².